The number of methoxy groups -OCH3 is 1. The summed E-state index contributed by atoms with van der Waals surface area (Å²) in [7, 11) is 0.0489. The summed E-state index contributed by atoms with van der Waals surface area (Å²) in [6.45, 7) is 25.2. The Balaban J connectivity index is 2.46. The van der Waals surface area contributed by atoms with Crippen molar-refractivity contribution in [1.82, 2.24) is 19.3 Å². The van der Waals surface area contributed by atoms with Gasteiger partial charge in [0.05, 0.1) is 13.2 Å². The monoisotopic (exact) mass is 734 g/mol. The van der Waals surface area contributed by atoms with Crippen LogP contribution in [-0.4, -0.2) is 83.1 Å². The topological polar surface area (TPSA) is 107 Å². The highest BCUT2D eigenvalue weighted by atomic mass is 31.2. The van der Waals surface area contributed by atoms with Gasteiger partial charge in [-0.1, -0.05) is 53.5 Å². The van der Waals surface area contributed by atoms with Crippen LogP contribution in [0.3, 0.4) is 0 Å². The molecule has 2 rings (SSSR count). The predicted molar refractivity (Wildman–Crippen MR) is 209 cm³/mol. The fourth-order valence-corrected chi connectivity index (χ4v) is 7.59. The quantitative estimate of drug-likeness (QED) is 0.0676. The van der Waals surface area contributed by atoms with E-state index in [1.54, 1.807) is 7.11 Å². The van der Waals surface area contributed by atoms with Crippen LogP contribution < -0.4 is 11.2 Å². The van der Waals surface area contributed by atoms with Gasteiger partial charge in [-0.25, -0.2) is 9.46 Å². The molecule has 1 aromatic heterocycles. The number of rotatable bonds is 23. The molecular weight excluding hydrogens is 667 g/mol. The fraction of sp³-hybridized carbons (Fsp3) is 0.692. The van der Waals surface area contributed by atoms with Gasteiger partial charge in [-0.15, -0.1) is 0 Å². The van der Waals surface area contributed by atoms with E-state index in [4.69, 9.17) is 23.4 Å². The summed E-state index contributed by atoms with van der Waals surface area (Å²) in [5.41, 5.74) is 4.15. The summed E-state index contributed by atoms with van der Waals surface area (Å²) < 4.78 is 29.4. The molecule has 1 aromatic rings. The van der Waals surface area contributed by atoms with Crippen molar-refractivity contribution in [1.29, 1.82) is 0 Å². The lowest BCUT2D eigenvalue weighted by Crippen LogP contribution is -2.42. The molecule has 2 heterocycles. The molecule has 1 aliphatic heterocycles. The number of hydrogen-bond donors (Lipinski definition) is 1. The maximum atomic E-state index is 13.0. The summed E-state index contributed by atoms with van der Waals surface area (Å²) in [5, 5.41) is 1.95. The molecule has 51 heavy (non-hydrogen) atoms. The maximum absolute atomic E-state index is 13.0. The molecule has 0 amide bonds. The zero-order chi connectivity index (χ0) is 38.1. The number of nitrogens with one attached hydrogen (secondary N) is 1. The highest BCUT2D eigenvalue weighted by Gasteiger charge is 2.50. The number of aromatic nitrogens is 2. The molecule has 0 spiro atoms. The first-order valence-corrected chi connectivity index (χ1v) is 19.6. The molecule has 1 saturated heterocycles. The van der Waals surface area contributed by atoms with Crippen LogP contribution in [0.25, 0.3) is 0 Å². The third-order valence-corrected chi connectivity index (χ3v) is 10.6. The minimum atomic E-state index is -1.53. The number of hydrogen-bond acceptors (Lipinski definition) is 9. The Morgan fingerprint density at radius 3 is 1.96 bits per heavy atom. The molecule has 3 unspecified atom stereocenters. The van der Waals surface area contributed by atoms with Gasteiger partial charge in [0.1, 0.15) is 18.3 Å². The normalized spacial score (nSPS) is 20.5. The van der Waals surface area contributed by atoms with Crippen molar-refractivity contribution >= 4 is 8.53 Å². The summed E-state index contributed by atoms with van der Waals surface area (Å²) in [4.78, 5) is 33.8. The molecule has 0 saturated carbocycles. The highest BCUT2D eigenvalue weighted by molar-refractivity contribution is 7.44. The van der Waals surface area contributed by atoms with Gasteiger partial charge in [-0.3, -0.25) is 19.2 Å². The van der Waals surface area contributed by atoms with Crippen LogP contribution in [-0.2, 0) is 23.4 Å². The second-order valence-corrected chi connectivity index (χ2v) is 15.8. The average molecular weight is 735 g/mol. The van der Waals surface area contributed by atoms with Gasteiger partial charge in [-0.2, -0.15) is 5.06 Å². The molecule has 1 N–H and O–H groups in total. The van der Waals surface area contributed by atoms with Crippen molar-refractivity contribution in [2.45, 2.75) is 145 Å². The van der Waals surface area contributed by atoms with Crippen molar-refractivity contribution in [3.63, 3.8) is 0 Å². The Morgan fingerprint density at radius 2 is 1.49 bits per heavy atom. The van der Waals surface area contributed by atoms with Crippen molar-refractivity contribution in [2.24, 2.45) is 0 Å². The molecule has 0 aromatic carbocycles. The summed E-state index contributed by atoms with van der Waals surface area (Å²) in [6, 6.07) is 1.60. The molecule has 11 nitrogen and oxygen atoms in total. The van der Waals surface area contributed by atoms with Crippen molar-refractivity contribution in [3.05, 3.63) is 79.7 Å². The van der Waals surface area contributed by atoms with Crippen molar-refractivity contribution < 1.29 is 23.4 Å². The van der Waals surface area contributed by atoms with E-state index in [1.807, 2.05) is 5.06 Å². The number of nitrogens with zero attached hydrogens (tertiary/aromatic N) is 3. The van der Waals surface area contributed by atoms with Crippen LogP contribution in [0.15, 0.2) is 68.4 Å². The van der Waals surface area contributed by atoms with E-state index in [0.717, 1.165) is 32.1 Å². The Hall–Kier alpha value is -2.21. The van der Waals surface area contributed by atoms with Crippen LogP contribution >= 0.6 is 8.53 Å². The highest BCUT2D eigenvalue weighted by Crippen LogP contribution is 2.50. The summed E-state index contributed by atoms with van der Waals surface area (Å²) in [6.07, 6.45) is 12.4. The smallest absolute Gasteiger partial charge is 0.330 e. The molecule has 0 radical (unpaired) electrons. The number of H-pyrrole nitrogens is 1. The van der Waals surface area contributed by atoms with Gasteiger partial charge in [0, 0.05) is 44.5 Å². The van der Waals surface area contributed by atoms with E-state index < -0.39 is 44.3 Å². The minimum Gasteiger partial charge on any atom is -0.374 e. The summed E-state index contributed by atoms with van der Waals surface area (Å²) >= 11 is 0. The zero-order valence-electron chi connectivity index (χ0n) is 33.4. The lowest BCUT2D eigenvalue weighted by atomic mass is 10.1. The van der Waals surface area contributed by atoms with E-state index in [9.17, 15) is 9.59 Å². The Kier molecular flexibility index (Phi) is 20.7. The van der Waals surface area contributed by atoms with Gasteiger partial charge in [-0.05, 0) is 101 Å². The van der Waals surface area contributed by atoms with Crippen LogP contribution in [0.1, 0.15) is 114 Å². The second kappa shape index (κ2) is 23.5. The van der Waals surface area contributed by atoms with Gasteiger partial charge < -0.3 is 18.5 Å². The first kappa shape index (κ1) is 44.9. The third-order valence-electron chi connectivity index (χ3n) is 8.44. The molecule has 290 valence electrons. The van der Waals surface area contributed by atoms with Gasteiger partial charge in [0.2, 0.25) is 0 Å². The minimum absolute atomic E-state index is 0.148. The number of ether oxygens (including phenoxy) is 2. The Bertz CT molecular complexity index is 1360. The molecule has 1 aliphatic rings. The van der Waals surface area contributed by atoms with Crippen LogP contribution in [0, 0.1) is 0 Å². The second-order valence-electron chi connectivity index (χ2n) is 14.4. The van der Waals surface area contributed by atoms with E-state index in [1.165, 1.54) is 39.1 Å². The molecule has 0 bridgehead atoms. The molecule has 1 fully saturated rings. The van der Waals surface area contributed by atoms with Crippen LogP contribution in [0.5, 0.6) is 0 Å². The van der Waals surface area contributed by atoms with E-state index in [-0.39, 0.29) is 18.7 Å². The maximum Gasteiger partial charge on any atom is 0.330 e. The fourth-order valence-electron chi connectivity index (χ4n) is 5.73. The van der Waals surface area contributed by atoms with Crippen molar-refractivity contribution in [3.8, 4) is 0 Å². The van der Waals surface area contributed by atoms with Crippen LogP contribution in [0.2, 0.25) is 0 Å². The number of aromatic amines is 1. The van der Waals surface area contributed by atoms with Gasteiger partial charge >= 0.3 is 5.69 Å². The molecule has 12 heteroatoms. The van der Waals surface area contributed by atoms with Crippen LogP contribution in [0.4, 0.5) is 0 Å². The predicted octanol–water partition coefficient (Wildman–Crippen LogP) is 8.23. The molecule has 0 aliphatic carbocycles. The standard InChI is InChI=1S/C39H67N4O7P/c1-13-26-48-51(43(30(6)7)31(8)9)50-36-34(49-38(37(36)46-12)42-25-22-35(44)40-39(42)45)27-47-41(23-20-32(10)18-14-16-28(2)3)24-21-33(11)19-15-17-29(4)5/h16-17,20-22,25,30-31,34,36-38H,13-15,18-19,23-24,26-27H2,1-12H3,(H,40,44,45)/b32-20+,33-21+/t34-,36?,37?,38-,51?/m1/s1. The number of allylic oxidation sites excluding steroid dienone is 6. The van der Waals surface area contributed by atoms with E-state index in [0.29, 0.717) is 19.7 Å². The third kappa shape index (κ3) is 15.7. The SMILES string of the molecule is CCCOP(OC1C(OC)[C@H](n2ccc(=O)[nH]c2=O)O[C@@H]1CON(C/C=C(\C)CCC=C(C)C)C/C=C(\C)CCC=C(C)C)N(C(C)C)C(C)C. The van der Waals surface area contributed by atoms with E-state index >= 15 is 0 Å². The van der Waals surface area contributed by atoms with Gasteiger partial charge in [0.25, 0.3) is 14.1 Å². The van der Waals surface area contributed by atoms with E-state index in [2.05, 4.69) is 110 Å². The summed E-state index contributed by atoms with van der Waals surface area (Å²) in [5.74, 6) is 0. The lowest BCUT2D eigenvalue weighted by Gasteiger charge is -2.38. The molecule has 5 atom stereocenters. The van der Waals surface area contributed by atoms with Gasteiger partial charge in [0.15, 0.2) is 6.23 Å². The van der Waals surface area contributed by atoms with Crippen molar-refractivity contribution in [2.75, 3.05) is 33.4 Å². The first-order valence-electron chi connectivity index (χ1n) is 18.5. The largest absolute Gasteiger partial charge is 0.374 e. The first-order chi connectivity index (χ1) is 24.2. The zero-order valence-corrected chi connectivity index (χ0v) is 34.3. The Labute approximate surface area is 308 Å². The average Bonchev–Trinajstić information content (AvgIpc) is 3.38. The number of hydroxylamine groups is 2. The molecular formula is C39H67N4O7P. The Morgan fingerprint density at radius 1 is 0.922 bits per heavy atom. The lowest BCUT2D eigenvalue weighted by molar-refractivity contribution is -0.181.